The standard InChI is InChI=1S/C24H29F4NO2/c1-6-18(12-11-17(3)15-29)14-23(30,24(26,27)28)16-22(4,7-2)20-13-19(25)9-8-10-21(20)31-5/h6,8-9,11-13,30H,1,7,10,14,16H2,2-5H3/b17-11+,18-12+. The molecular weight excluding hydrogens is 410 g/mol. The van der Waals surface area contributed by atoms with Crippen LogP contribution in [0.5, 0.6) is 0 Å². The minimum Gasteiger partial charge on any atom is -0.500 e. The molecule has 0 radical (unpaired) electrons. The van der Waals surface area contributed by atoms with Crippen LogP contribution in [0.15, 0.2) is 71.3 Å². The van der Waals surface area contributed by atoms with E-state index in [-0.39, 0.29) is 24.0 Å². The largest absolute Gasteiger partial charge is 0.500 e. The molecular formula is C24H29F4NO2. The van der Waals surface area contributed by atoms with Gasteiger partial charge in [-0.25, -0.2) is 4.39 Å². The first-order chi connectivity index (χ1) is 14.4. The van der Waals surface area contributed by atoms with Crippen molar-refractivity contribution in [2.24, 2.45) is 5.41 Å². The summed E-state index contributed by atoms with van der Waals surface area (Å²) in [5.41, 5.74) is -3.63. The molecule has 170 valence electrons. The summed E-state index contributed by atoms with van der Waals surface area (Å²) in [5, 5.41) is 19.7. The second-order valence-electron chi connectivity index (χ2n) is 7.88. The first-order valence-electron chi connectivity index (χ1n) is 9.86. The number of alkyl halides is 3. The van der Waals surface area contributed by atoms with Gasteiger partial charge in [-0.2, -0.15) is 18.4 Å². The number of rotatable bonds is 9. The summed E-state index contributed by atoms with van der Waals surface area (Å²) >= 11 is 0. The molecule has 0 bridgehead atoms. The summed E-state index contributed by atoms with van der Waals surface area (Å²) in [6.45, 7) is 8.29. The van der Waals surface area contributed by atoms with E-state index >= 15 is 0 Å². The van der Waals surface area contributed by atoms with E-state index in [9.17, 15) is 22.7 Å². The van der Waals surface area contributed by atoms with Gasteiger partial charge in [0.1, 0.15) is 11.6 Å². The fourth-order valence-electron chi connectivity index (χ4n) is 3.48. The van der Waals surface area contributed by atoms with Crippen molar-refractivity contribution in [3.8, 4) is 6.07 Å². The van der Waals surface area contributed by atoms with Crippen molar-refractivity contribution in [3.05, 3.63) is 71.3 Å². The summed E-state index contributed by atoms with van der Waals surface area (Å²) in [6, 6.07) is 1.88. The number of hydrogen-bond acceptors (Lipinski definition) is 3. The third kappa shape index (κ3) is 6.70. The second-order valence-corrected chi connectivity index (χ2v) is 7.88. The molecule has 0 fully saturated rings. The molecule has 0 saturated carbocycles. The molecule has 0 saturated heterocycles. The lowest BCUT2D eigenvalue weighted by Crippen LogP contribution is -2.49. The van der Waals surface area contributed by atoms with Crippen molar-refractivity contribution in [2.75, 3.05) is 7.11 Å². The van der Waals surface area contributed by atoms with Crippen LogP contribution in [0, 0.1) is 16.7 Å². The molecule has 0 heterocycles. The van der Waals surface area contributed by atoms with E-state index in [0.29, 0.717) is 11.3 Å². The minimum absolute atomic E-state index is 0.123. The fourth-order valence-corrected chi connectivity index (χ4v) is 3.48. The van der Waals surface area contributed by atoms with Crippen LogP contribution in [0.4, 0.5) is 17.6 Å². The van der Waals surface area contributed by atoms with E-state index in [1.54, 1.807) is 13.8 Å². The Morgan fingerprint density at radius 1 is 1.35 bits per heavy atom. The van der Waals surface area contributed by atoms with Crippen molar-refractivity contribution in [2.45, 2.75) is 58.2 Å². The number of methoxy groups -OCH3 is 1. The molecule has 31 heavy (non-hydrogen) atoms. The molecule has 1 aliphatic rings. The van der Waals surface area contributed by atoms with Crippen LogP contribution in [-0.2, 0) is 4.74 Å². The van der Waals surface area contributed by atoms with Gasteiger partial charge in [0.15, 0.2) is 5.60 Å². The summed E-state index contributed by atoms with van der Waals surface area (Å²) in [6.07, 6.45) is 1.87. The van der Waals surface area contributed by atoms with Gasteiger partial charge in [0.05, 0.1) is 13.2 Å². The average molecular weight is 439 g/mol. The highest BCUT2D eigenvalue weighted by atomic mass is 19.4. The van der Waals surface area contributed by atoms with Crippen molar-refractivity contribution in [1.29, 1.82) is 5.26 Å². The second kappa shape index (κ2) is 10.6. The zero-order valence-corrected chi connectivity index (χ0v) is 18.3. The van der Waals surface area contributed by atoms with Gasteiger partial charge < -0.3 is 9.84 Å². The van der Waals surface area contributed by atoms with Crippen LogP contribution in [-0.4, -0.2) is 24.0 Å². The molecule has 1 aliphatic carbocycles. The van der Waals surface area contributed by atoms with Gasteiger partial charge in [0.25, 0.3) is 0 Å². The van der Waals surface area contributed by atoms with E-state index < -0.39 is 35.9 Å². The summed E-state index contributed by atoms with van der Waals surface area (Å²) < 4.78 is 61.8. The van der Waals surface area contributed by atoms with Crippen LogP contribution >= 0.6 is 0 Å². The van der Waals surface area contributed by atoms with E-state index in [1.807, 2.05) is 6.07 Å². The summed E-state index contributed by atoms with van der Waals surface area (Å²) in [7, 11) is 1.38. The lowest BCUT2D eigenvalue weighted by molar-refractivity contribution is -0.268. The predicted octanol–water partition coefficient (Wildman–Crippen LogP) is 6.77. The van der Waals surface area contributed by atoms with Gasteiger partial charge in [0.2, 0.25) is 0 Å². The van der Waals surface area contributed by atoms with E-state index in [4.69, 9.17) is 10.00 Å². The Morgan fingerprint density at radius 2 is 2.00 bits per heavy atom. The number of hydrogen-bond donors (Lipinski definition) is 1. The maximum absolute atomic E-state index is 14.2. The smallest absolute Gasteiger partial charge is 0.417 e. The van der Waals surface area contributed by atoms with Crippen molar-refractivity contribution in [1.82, 2.24) is 0 Å². The molecule has 7 heteroatoms. The Bertz CT molecular complexity index is 871. The van der Waals surface area contributed by atoms with E-state index in [2.05, 4.69) is 6.58 Å². The minimum atomic E-state index is -4.96. The molecule has 0 aliphatic heterocycles. The first kappa shape index (κ1) is 26.4. The normalized spacial score (nSPS) is 19.7. The Labute approximate surface area is 181 Å². The quantitative estimate of drug-likeness (QED) is 0.245. The molecule has 0 aromatic rings. The number of ether oxygens (including phenoxy) is 1. The number of halogens is 4. The zero-order valence-electron chi connectivity index (χ0n) is 18.3. The highest BCUT2D eigenvalue weighted by Gasteiger charge is 2.56. The van der Waals surface area contributed by atoms with Crippen molar-refractivity contribution in [3.63, 3.8) is 0 Å². The molecule has 1 N–H and O–H groups in total. The number of aliphatic hydroxyl groups is 1. The van der Waals surface area contributed by atoms with E-state index in [1.165, 1.54) is 50.5 Å². The highest BCUT2D eigenvalue weighted by Crippen LogP contribution is 2.49. The van der Waals surface area contributed by atoms with Crippen LogP contribution < -0.4 is 0 Å². The molecule has 0 spiro atoms. The summed E-state index contributed by atoms with van der Waals surface area (Å²) in [5.74, 6) is -0.245. The van der Waals surface area contributed by atoms with Crippen LogP contribution in [0.2, 0.25) is 0 Å². The van der Waals surface area contributed by atoms with Gasteiger partial charge in [-0.1, -0.05) is 38.7 Å². The zero-order chi connectivity index (χ0) is 23.9. The molecule has 2 unspecified atom stereocenters. The highest BCUT2D eigenvalue weighted by molar-refractivity contribution is 5.38. The molecule has 0 aromatic carbocycles. The monoisotopic (exact) mass is 439 g/mol. The molecule has 0 amide bonds. The predicted molar refractivity (Wildman–Crippen MR) is 113 cm³/mol. The Morgan fingerprint density at radius 3 is 2.48 bits per heavy atom. The molecule has 2 atom stereocenters. The van der Waals surface area contributed by atoms with Crippen molar-refractivity contribution >= 4 is 0 Å². The Balaban J connectivity index is 3.52. The maximum atomic E-state index is 14.2. The first-order valence-corrected chi connectivity index (χ1v) is 9.86. The van der Waals surface area contributed by atoms with Gasteiger partial charge >= 0.3 is 6.18 Å². The maximum Gasteiger partial charge on any atom is 0.417 e. The molecule has 0 aromatic heterocycles. The SMILES string of the molecule is C=C/C(=C\C=C(/C)C#N)CC(O)(CC(C)(CC)C1=C(OC)CC=CC(F)=C1)C(F)(F)F. The summed E-state index contributed by atoms with van der Waals surface area (Å²) in [4.78, 5) is 0. The average Bonchev–Trinajstić information content (AvgIpc) is 2.91. The molecule has 3 nitrogen and oxygen atoms in total. The topological polar surface area (TPSA) is 53.2 Å². The van der Waals surface area contributed by atoms with Gasteiger partial charge in [-0.3, -0.25) is 0 Å². The lowest BCUT2D eigenvalue weighted by atomic mass is 9.69. The Hall–Kier alpha value is -2.59. The van der Waals surface area contributed by atoms with Crippen LogP contribution in [0.25, 0.3) is 0 Å². The number of nitrogens with zero attached hydrogens (tertiary/aromatic N) is 1. The fraction of sp³-hybridized carbons (Fsp3) is 0.458. The lowest BCUT2D eigenvalue weighted by Gasteiger charge is -2.40. The van der Waals surface area contributed by atoms with Crippen LogP contribution in [0.3, 0.4) is 0 Å². The number of allylic oxidation sites excluding steroid dienone is 9. The Kier molecular flexibility index (Phi) is 9.07. The van der Waals surface area contributed by atoms with E-state index in [0.717, 1.165) is 0 Å². The van der Waals surface area contributed by atoms with Gasteiger partial charge in [0, 0.05) is 18.4 Å². The van der Waals surface area contributed by atoms with Crippen LogP contribution in [0.1, 0.15) is 46.5 Å². The van der Waals surface area contributed by atoms with Gasteiger partial charge in [-0.05, 0) is 54.6 Å². The molecule has 1 rings (SSSR count). The third-order valence-electron chi connectivity index (χ3n) is 5.53. The van der Waals surface area contributed by atoms with Gasteiger partial charge in [-0.15, -0.1) is 0 Å². The number of nitriles is 1. The van der Waals surface area contributed by atoms with Crippen molar-refractivity contribution < 1.29 is 27.4 Å². The third-order valence-corrected chi connectivity index (χ3v) is 5.53.